The first kappa shape index (κ1) is 17.3. The van der Waals surface area contributed by atoms with Gasteiger partial charge in [-0.25, -0.2) is 19.3 Å². The van der Waals surface area contributed by atoms with Gasteiger partial charge in [0, 0.05) is 17.9 Å². The molecule has 3 aromatic rings. The van der Waals surface area contributed by atoms with Crippen LogP contribution < -0.4 is 10.2 Å². The molecule has 1 unspecified atom stereocenters. The van der Waals surface area contributed by atoms with E-state index >= 15 is 0 Å². The molecule has 4 rings (SSSR count). The van der Waals surface area contributed by atoms with E-state index in [0.29, 0.717) is 5.82 Å². The number of hydrogen-bond acceptors (Lipinski definition) is 6. The molecule has 138 valence electrons. The Morgan fingerprint density at radius 1 is 1.04 bits per heavy atom. The minimum Gasteiger partial charge on any atom is -0.339 e. The van der Waals surface area contributed by atoms with Gasteiger partial charge in [0.05, 0.1) is 29.8 Å². The number of halogens is 1. The third-order valence-corrected chi connectivity index (χ3v) is 4.61. The van der Waals surface area contributed by atoms with Gasteiger partial charge in [-0.15, -0.1) is 0 Å². The van der Waals surface area contributed by atoms with E-state index in [0.717, 1.165) is 48.1 Å². The second kappa shape index (κ2) is 7.26. The summed E-state index contributed by atoms with van der Waals surface area (Å²) in [5.74, 6) is 0.996. The maximum Gasteiger partial charge on any atom is 0.226 e. The highest BCUT2D eigenvalue weighted by molar-refractivity contribution is 5.55. The molecule has 1 N–H and O–H groups in total. The average molecular weight is 364 g/mol. The van der Waals surface area contributed by atoms with Crippen molar-refractivity contribution in [2.75, 3.05) is 16.8 Å². The van der Waals surface area contributed by atoms with Crippen molar-refractivity contribution >= 4 is 17.5 Å². The summed E-state index contributed by atoms with van der Waals surface area (Å²) in [6.45, 7) is 4.91. The maximum atomic E-state index is 13.0. The van der Waals surface area contributed by atoms with Crippen molar-refractivity contribution < 1.29 is 4.39 Å². The quantitative estimate of drug-likeness (QED) is 0.752. The van der Waals surface area contributed by atoms with Crippen LogP contribution in [0, 0.1) is 19.7 Å². The van der Waals surface area contributed by atoms with Gasteiger partial charge in [-0.2, -0.15) is 0 Å². The monoisotopic (exact) mass is 364 g/mol. The average Bonchev–Trinajstić information content (AvgIpc) is 3.13. The highest BCUT2D eigenvalue weighted by atomic mass is 19.1. The van der Waals surface area contributed by atoms with Gasteiger partial charge in [0.15, 0.2) is 0 Å². The first-order valence-electron chi connectivity index (χ1n) is 9.02. The molecule has 0 amide bonds. The topological polar surface area (TPSA) is 66.8 Å². The number of hydrogen-bond donors (Lipinski definition) is 1. The second-order valence-corrected chi connectivity index (χ2v) is 6.76. The SMILES string of the molecule is Cc1cc(C)nc(N2CCCC2c2ccc(Nc3ccc(F)cn3)cn2)n1. The van der Waals surface area contributed by atoms with Gasteiger partial charge in [0.1, 0.15) is 11.6 Å². The zero-order chi connectivity index (χ0) is 18.8. The summed E-state index contributed by atoms with van der Waals surface area (Å²) in [4.78, 5) is 20.1. The van der Waals surface area contributed by atoms with E-state index in [1.807, 2.05) is 32.0 Å². The molecule has 3 aromatic heterocycles. The molecule has 1 fully saturated rings. The molecule has 1 saturated heterocycles. The summed E-state index contributed by atoms with van der Waals surface area (Å²) in [6.07, 6.45) is 5.07. The van der Waals surface area contributed by atoms with Crippen molar-refractivity contribution in [3.05, 3.63) is 65.6 Å². The van der Waals surface area contributed by atoms with Crippen LogP contribution in [0.2, 0.25) is 0 Å². The first-order valence-corrected chi connectivity index (χ1v) is 9.02. The van der Waals surface area contributed by atoms with Crippen LogP contribution >= 0.6 is 0 Å². The summed E-state index contributed by atoms with van der Waals surface area (Å²) < 4.78 is 13.0. The fourth-order valence-corrected chi connectivity index (χ4v) is 3.42. The molecular formula is C20H21FN6. The third kappa shape index (κ3) is 3.86. The molecule has 0 saturated carbocycles. The van der Waals surface area contributed by atoms with Crippen LogP contribution in [0.4, 0.5) is 21.8 Å². The lowest BCUT2D eigenvalue weighted by molar-refractivity contribution is 0.622. The molecule has 0 spiro atoms. The van der Waals surface area contributed by atoms with Gasteiger partial charge in [0.25, 0.3) is 0 Å². The van der Waals surface area contributed by atoms with E-state index in [9.17, 15) is 4.39 Å². The van der Waals surface area contributed by atoms with Gasteiger partial charge in [-0.1, -0.05) is 0 Å². The minimum atomic E-state index is -0.357. The zero-order valence-electron chi connectivity index (χ0n) is 15.4. The van der Waals surface area contributed by atoms with Crippen molar-refractivity contribution in [3.8, 4) is 0 Å². The van der Waals surface area contributed by atoms with Crippen LogP contribution in [-0.2, 0) is 0 Å². The standard InChI is InChI=1S/C20H21FN6/c1-13-10-14(2)25-20(24-13)27-9-3-4-18(27)17-7-6-16(12-22-17)26-19-8-5-15(21)11-23-19/h5-8,10-12,18H,3-4,9H2,1-2H3,(H,23,26). The molecular weight excluding hydrogens is 343 g/mol. The van der Waals surface area contributed by atoms with Crippen LogP contribution in [0.3, 0.4) is 0 Å². The number of pyridine rings is 2. The summed E-state index contributed by atoms with van der Waals surface area (Å²) >= 11 is 0. The van der Waals surface area contributed by atoms with Crippen LogP contribution in [-0.4, -0.2) is 26.5 Å². The molecule has 1 aliphatic rings. The number of anilines is 3. The van der Waals surface area contributed by atoms with Crippen LogP contribution in [0.25, 0.3) is 0 Å². The van der Waals surface area contributed by atoms with E-state index in [-0.39, 0.29) is 11.9 Å². The summed E-state index contributed by atoms with van der Waals surface area (Å²) in [5, 5.41) is 3.13. The van der Waals surface area contributed by atoms with Crippen molar-refractivity contribution in [2.45, 2.75) is 32.7 Å². The van der Waals surface area contributed by atoms with Crippen molar-refractivity contribution in [3.63, 3.8) is 0 Å². The second-order valence-electron chi connectivity index (χ2n) is 6.76. The van der Waals surface area contributed by atoms with Gasteiger partial charge in [-0.3, -0.25) is 4.98 Å². The molecule has 7 heteroatoms. The van der Waals surface area contributed by atoms with Crippen molar-refractivity contribution in [1.82, 2.24) is 19.9 Å². The van der Waals surface area contributed by atoms with Gasteiger partial charge in [-0.05, 0) is 57.0 Å². The molecule has 0 bridgehead atoms. The lowest BCUT2D eigenvalue weighted by Gasteiger charge is -2.25. The van der Waals surface area contributed by atoms with E-state index in [2.05, 4.69) is 30.2 Å². The zero-order valence-corrected chi connectivity index (χ0v) is 15.4. The Balaban J connectivity index is 1.53. The first-order chi connectivity index (χ1) is 13.1. The molecule has 4 heterocycles. The van der Waals surface area contributed by atoms with Crippen LogP contribution in [0.1, 0.15) is 36.0 Å². The molecule has 1 atom stereocenters. The fraction of sp³-hybridized carbons (Fsp3) is 0.300. The Kier molecular flexibility index (Phi) is 4.66. The largest absolute Gasteiger partial charge is 0.339 e. The lowest BCUT2D eigenvalue weighted by atomic mass is 10.1. The Morgan fingerprint density at radius 2 is 1.85 bits per heavy atom. The molecule has 0 aromatic carbocycles. The van der Waals surface area contributed by atoms with Gasteiger partial charge in [0.2, 0.25) is 5.95 Å². The van der Waals surface area contributed by atoms with Crippen LogP contribution in [0.5, 0.6) is 0 Å². The van der Waals surface area contributed by atoms with E-state index in [1.165, 1.54) is 12.3 Å². The number of nitrogens with zero attached hydrogens (tertiary/aromatic N) is 5. The smallest absolute Gasteiger partial charge is 0.226 e. The number of aromatic nitrogens is 4. The maximum absolute atomic E-state index is 13.0. The Morgan fingerprint density at radius 3 is 2.52 bits per heavy atom. The van der Waals surface area contributed by atoms with Crippen molar-refractivity contribution in [2.24, 2.45) is 0 Å². The predicted octanol–water partition coefficient (Wildman–Crippen LogP) is 4.11. The normalized spacial score (nSPS) is 16.6. The van der Waals surface area contributed by atoms with E-state index in [4.69, 9.17) is 0 Å². The summed E-state index contributed by atoms with van der Waals surface area (Å²) in [5.41, 5.74) is 3.75. The molecule has 27 heavy (non-hydrogen) atoms. The highest BCUT2D eigenvalue weighted by Crippen LogP contribution is 2.34. The van der Waals surface area contributed by atoms with E-state index in [1.54, 1.807) is 12.3 Å². The Labute approximate surface area is 157 Å². The number of nitrogens with one attached hydrogen (secondary N) is 1. The number of rotatable bonds is 4. The Hall–Kier alpha value is -3.09. The van der Waals surface area contributed by atoms with Gasteiger partial charge >= 0.3 is 0 Å². The highest BCUT2D eigenvalue weighted by Gasteiger charge is 2.29. The molecule has 6 nitrogen and oxygen atoms in total. The predicted molar refractivity (Wildman–Crippen MR) is 103 cm³/mol. The molecule has 0 aliphatic carbocycles. The molecule has 1 aliphatic heterocycles. The van der Waals surface area contributed by atoms with Crippen LogP contribution in [0.15, 0.2) is 42.7 Å². The third-order valence-electron chi connectivity index (χ3n) is 4.61. The van der Waals surface area contributed by atoms with Crippen molar-refractivity contribution in [1.29, 1.82) is 0 Å². The Bertz CT molecular complexity index is 906. The summed E-state index contributed by atoms with van der Waals surface area (Å²) in [7, 11) is 0. The number of aryl methyl sites for hydroxylation is 2. The fourth-order valence-electron chi connectivity index (χ4n) is 3.42. The lowest BCUT2D eigenvalue weighted by Crippen LogP contribution is -2.25. The summed E-state index contributed by atoms with van der Waals surface area (Å²) in [6, 6.07) is 9.10. The molecule has 0 radical (unpaired) electrons. The minimum absolute atomic E-state index is 0.171. The van der Waals surface area contributed by atoms with Gasteiger partial charge < -0.3 is 10.2 Å². The van der Waals surface area contributed by atoms with E-state index < -0.39 is 0 Å².